The zero-order valence-electron chi connectivity index (χ0n) is 15.4. The number of hydrogen-bond donors (Lipinski definition) is 2. The maximum Gasteiger partial charge on any atom is 0.407 e. The van der Waals surface area contributed by atoms with Crippen LogP contribution in [0.2, 0.25) is 0 Å². The van der Waals surface area contributed by atoms with Crippen LogP contribution >= 0.6 is 0 Å². The summed E-state index contributed by atoms with van der Waals surface area (Å²) in [6.07, 6.45) is 3.50. The minimum Gasteiger partial charge on any atom is -0.464 e. The van der Waals surface area contributed by atoms with E-state index in [9.17, 15) is 14.4 Å². The van der Waals surface area contributed by atoms with Gasteiger partial charge in [0.2, 0.25) is 5.91 Å². The molecule has 2 atom stereocenters. The summed E-state index contributed by atoms with van der Waals surface area (Å²) in [7, 11) is 0. The Labute approximate surface area is 144 Å². The van der Waals surface area contributed by atoms with Gasteiger partial charge >= 0.3 is 12.1 Å². The highest BCUT2D eigenvalue weighted by Gasteiger charge is 2.26. The Morgan fingerprint density at radius 2 is 1.54 bits per heavy atom. The maximum atomic E-state index is 12.3. The highest BCUT2D eigenvalue weighted by molar-refractivity contribution is 5.88. The quantitative estimate of drug-likeness (QED) is 0.419. The van der Waals surface area contributed by atoms with E-state index < -0.39 is 24.0 Å². The summed E-state index contributed by atoms with van der Waals surface area (Å²) >= 11 is 0. The highest BCUT2D eigenvalue weighted by Crippen LogP contribution is 2.08. The summed E-state index contributed by atoms with van der Waals surface area (Å²) in [6.45, 7) is 8.24. The van der Waals surface area contributed by atoms with Crippen LogP contribution in [0.4, 0.5) is 4.79 Å². The number of amides is 2. The van der Waals surface area contributed by atoms with Crippen LogP contribution in [0.1, 0.15) is 59.8 Å². The van der Waals surface area contributed by atoms with Gasteiger partial charge in [-0.05, 0) is 18.8 Å². The fourth-order valence-electron chi connectivity index (χ4n) is 1.83. The van der Waals surface area contributed by atoms with E-state index in [4.69, 9.17) is 9.47 Å². The SMILES string of the molecule is CCCCOC(=O)CNC(=O)C(NC(=O)OCCCC)C(C)CC. The zero-order chi connectivity index (χ0) is 18.4. The van der Waals surface area contributed by atoms with E-state index in [1.807, 2.05) is 27.7 Å². The molecular weight excluding hydrogens is 312 g/mol. The average Bonchev–Trinajstić information content (AvgIpc) is 2.57. The normalized spacial score (nSPS) is 12.8. The average molecular weight is 344 g/mol. The van der Waals surface area contributed by atoms with Gasteiger partial charge in [0.1, 0.15) is 12.6 Å². The molecular formula is C17H32N2O5. The van der Waals surface area contributed by atoms with Crippen molar-refractivity contribution in [3.8, 4) is 0 Å². The standard InChI is InChI=1S/C17H32N2O5/c1-5-8-10-23-14(20)12-18-16(21)15(13(4)7-3)19-17(22)24-11-9-6-2/h13,15H,5-12H2,1-4H3,(H,18,21)(H,19,22). The van der Waals surface area contributed by atoms with Gasteiger partial charge in [0.15, 0.2) is 0 Å². The van der Waals surface area contributed by atoms with Gasteiger partial charge in [-0.15, -0.1) is 0 Å². The van der Waals surface area contributed by atoms with E-state index in [1.54, 1.807) is 0 Å². The molecule has 0 aromatic rings. The summed E-state index contributed by atoms with van der Waals surface area (Å²) in [5.41, 5.74) is 0. The summed E-state index contributed by atoms with van der Waals surface area (Å²) in [4.78, 5) is 35.5. The third-order valence-corrected chi connectivity index (χ3v) is 3.67. The number of ether oxygens (including phenoxy) is 2. The Kier molecular flexibility index (Phi) is 12.6. The molecule has 2 amide bonds. The second-order valence-corrected chi connectivity index (χ2v) is 5.79. The van der Waals surface area contributed by atoms with Gasteiger partial charge < -0.3 is 20.1 Å². The maximum absolute atomic E-state index is 12.3. The van der Waals surface area contributed by atoms with Crippen molar-refractivity contribution in [3.63, 3.8) is 0 Å². The molecule has 0 rings (SSSR count). The van der Waals surface area contributed by atoms with Crippen molar-refractivity contribution in [1.82, 2.24) is 10.6 Å². The van der Waals surface area contributed by atoms with Crippen LogP contribution < -0.4 is 10.6 Å². The van der Waals surface area contributed by atoms with Crippen LogP contribution in [0.5, 0.6) is 0 Å². The molecule has 0 spiro atoms. The second kappa shape index (κ2) is 13.6. The van der Waals surface area contributed by atoms with Crippen LogP contribution in [-0.4, -0.2) is 43.8 Å². The first-order valence-electron chi connectivity index (χ1n) is 8.82. The predicted molar refractivity (Wildman–Crippen MR) is 91.5 cm³/mol. The van der Waals surface area contributed by atoms with Crippen LogP contribution in [0.15, 0.2) is 0 Å². The molecule has 0 saturated heterocycles. The number of hydrogen-bond acceptors (Lipinski definition) is 5. The third kappa shape index (κ3) is 10.1. The molecule has 0 heterocycles. The molecule has 24 heavy (non-hydrogen) atoms. The van der Waals surface area contributed by atoms with Gasteiger partial charge in [0.25, 0.3) is 0 Å². The van der Waals surface area contributed by atoms with E-state index in [2.05, 4.69) is 10.6 Å². The number of nitrogens with one attached hydrogen (secondary N) is 2. The molecule has 0 fully saturated rings. The van der Waals surface area contributed by atoms with Gasteiger partial charge in [-0.3, -0.25) is 9.59 Å². The molecule has 0 aliphatic heterocycles. The minimum absolute atomic E-state index is 0.0835. The molecule has 2 N–H and O–H groups in total. The number of carbonyl (C=O) groups excluding carboxylic acids is 3. The molecule has 0 aliphatic carbocycles. The smallest absolute Gasteiger partial charge is 0.407 e. The molecule has 0 radical (unpaired) electrons. The number of unbranched alkanes of at least 4 members (excludes halogenated alkanes) is 2. The third-order valence-electron chi connectivity index (χ3n) is 3.67. The molecule has 0 bridgehead atoms. The predicted octanol–water partition coefficient (Wildman–Crippen LogP) is 2.39. The van der Waals surface area contributed by atoms with E-state index >= 15 is 0 Å². The lowest BCUT2D eigenvalue weighted by Crippen LogP contribution is -2.51. The largest absolute Gasteiger partial charge is 0.464 e. The summed E-state index contributed by atoms with van der Waals surface area (Å²) in [5, 5.41) is 5.09. The van der Waals surface area contributed by atoms with Crippen LogP contribution in [0.3, 0.4) is 0 Å². The molecule has 2 unspecified atom stereocenters. The Hall–Kier alpha value is -1.79. The second-order valence-electron chi connectivity index (χ2n) is 5.79. The van der Waals surface area contributed by atoms with Crippen molar-refractivity contribution < 1.29 is 23.9 Å². The fraction of sp³-hybridized carbons (Fsp3) is 0.824. The lowest BCUT2D eigenvalue weighted by molar-refractivity contribution is -0.144. The summed E-state index contributed by atoms with van der Waals surface area (Å²) in [6, 6.07) is -0.743. The molecule has 0 saturated carbocycles. The summed E-state index contributed by atoms with van der Waals surface area (Å²) < 4.78 is 10.0. The first-order valence-corrected chi connectivity index (χ1v) is 8.82. The van der Waals surface area contributed by atoms with Crippen molar-refractivity contribution in [2.75, 3.05) is 19.8 Å². The number of carbonyl (C=O) groups is 3. The van der Waals surface area contributed by atoms with E-state index in [0.29, 0.717) is 19.6 Å². The minimum atomic E-state index is -0.743. The van der Waals surface area contributed by atoms with Crippen molar-refractivity contribution in [3.05, 3.63) is 0 Å². The van der Waals surface area contributed by atoms with E-state index in [-0.39, 0.29) is 12.5 Å². The van der Waals surface area contributed by atoms with Crippen molar-refractivity contribution >= 4 is 18.0 Å². The lowest BCUT2D eigenvalue weighted by Gasteiger charge is -2.23. The Morgan fingerprint density at radius 3 is 2.08 bits per heavy atom. The fourth-order valence-corrected chi connectivity index (χ4v) is 1.83. The Balaban J connectivity index is 4.39. The number of esters is 1. The number of alkyl carbamates (subject to hydrolysis) is 1. The Morgan fingerprint density at radius 1 is 0.958 bits per heavy atom. The van der Waals surface area contributed by atoms with Gasteiger partial charge in [-0.25, -0.2) is 4.79 Å². The molecule has 0 aromatic carbocycles. The topological polar surface area (TPSA) is 93.7 Å². The van der Waals surface area contributed by atoms with E-state index in [0.717, 1.165) is 25.7 Å². The Bertz CT molecular complexity index is 387. The van der Waals surface area contributed by atoms with E-state index in [1.165, 1.54) is 0 Å². The highest BCUT2D eigenvalue weighted by atomic mass is 16.5. The zero-order valence-corrected chi connectivity index (χ0v) is 15.4. The monoisotopic (exact) mass is 344 g/mol. The van der Waals surface area contributed by atoms with Gasteiger partial charge in [-0.2, -0.15) is 0 Å². The lowest BCUT2D eigenvalue weighted by atomic mass is 9.98. The van der Waals surface area contributed by atoms with Crippen molar-refractivity contribution in [1.29, 1.82) is 0 Å². The van der Waals surface area contributed by atoms with Gasteiger partial charge in [0.05, 0.1) is 13.2 Å². The molecule has 0 aromatic heterocycles. The van der Waals surface area contributed by atoms with Crippen LogP contribution in [0, 0.1) is 5.92 Å². The van der Waals surface area contributed by atoms with Crippen molar-refractivity contribution in [2.45, 2.75) is 65.8 Å². The summed E-state index contributed by atoms with van der Waals surface area (Å²) in [5.74, 6) is -0.978. The first-order chi connectivity index (χ1) is 11.5. The molecule has 7 heteroatoms. The molecule has 140 valence electrons. The van der Waals surface area contributed by atoms with Gasteiger partial charge in [-0.1, -0.05) is 47.0 Å². The van der Waals surface area contributed by atoms with Crippen LogP contribution in [-0.2, 0) is 19.1 Å². The van der Waals surface area contributed by atoms with Crippen molar-refractivity contribution in [2.24, 2.45) is 5.92 Å². The molecule has 0 aliphatic rings. The van der Waals surface area contributed by atoms with Crippen LogP contribution in [0.25, 0.3) is 0 Å². The number of rotatable bonds is 12. The molecule has 7 nitrogen and oxygen atoms in total. The first kappa shape index (κ1) is 22.2. The van der Waals surface area contributed by atoms with Gasteiger partial charge in [0, 0.05) is 0 Å².